The third-order valence-electron chi connectivity index (χ3n) is 8.44. The second-order valence-corrected chi connectivity index (χ2v) is 11.7. The summed E-state index contributed by atoms with van der Waals surface area (Å²) in [5, 5.41) is 11.4. The van der Waals surface area contributed by atoms with E-state index in [1.54, 1.807) is 7.11 Å². The molecule has 4 heterocycles. The number of hydrogen-bond donors (Lipinski definition) is 2. The predicted octanol–water partition coefficient (Wildman–Crippen LogP) is 6.34. The minimum atomic E-state index is 0.0515. The van der Waals surface area contributed by atoms with Crippen LogP contribution in [-0.4, -0.2) is 63.2 Å². The fraction of sp³-hybridized carbons (Fsp3) is 0.294. The van der Waals surface area contributed by atoms with Crippen molar-refractivity contribution >= 4 is 38.6 Å². The van der Waals surface area contributed by atoms with Gasteiger partial charge in [-0.1, -0.05) is 35.5 Å². The van der Waals surface area contributed by atoms with E-state index < -0.39 is 0 Å². The molecule has 0 radical (unpaired) electrons. The number of aromatic amines is 1. The van der Waals surface area contributed by atoms with Crippen LogP contribution in [0.4, 0.5) is 0 Å². The Morgan fingerprint density at radius 3 is 2.40 bits per heavy atom. The highest BCUT2D eigenvalue weighted by molar-refractivity contribution is 6.17. The highest BCUT2D eigenvalue weighted by Gasteiger charge is 2.28. The minimum Gasteiger partial charge on any atom is -0.496 e. The molecule has 6 aromatic rings. The van der Waals surface area contributed by atoms with Crippen LogP contribution in [0.5, 0.6) is 5.75 Å². The predicted molar refractivity (Wildman–Crippen MR) is 169 cm³/mol. The Balaban J connectivity index is 1.43. The number of aryl methyl sites for hydroxylation is 3. The summed E-state index contributed by atoms with van der Waals surface area (Å²) in [7, 11) is 1.67. The van der Waals surface area contributed by atoms with E-state index in [2.05, 4.69) is 41.4 Å². The van der Waals surface area contributed by atoms with Gasteiger partial charge in [0.05, 0.1) is 29.4 Å². The van der Waals surface area contributed by atoms with Gasteiger partial charge in [0.15, 0.2) is 0 Å². The Bertz CT molecular complexity index is 2030. The molecule has 3 aromatic heterocycles. The Morgan fingerprint density at radius 2 is 1.70 bits per heavy atom. The average Bonchev–Trinajstić information content (AvgIpc) is 3.51. The molecule has 0 spiro atoms. The van der Waals surface area contributed by atoms with Crippen molar-refractivity contribution in [3.63, 3.8) is 0 Å². The van der Waals surface area contributed by atoms with E-state index >= 15 is 0 Å². The van der Waals surface area contributed by atoms with Crippen molar-refractivity contribution in [3.8, 4) is 28.1 Å². The Hall–Kier alpha value is -4.76. The zero-order valence-electron chi connectivity index (χ0n) is 25.2. The van der Waals surface area contributed by atoms with E-state index in [9.17, 15) is 4.79 Å². The van der Waals surface area contributed by atoms with Gasteiger partial charge in [-0.15, -0.1) is 0 Å². The number of piperazine rings is 1. The molecule has 0 unspecified atom stereocenters. The lowest BCUT2D eigenvalue weighted by atomic mass is 9.94. The zero-order valence-corrected chi connectivity index (χ0v) is 25.2. The van der Waals surface area contributed by atoms with E-state index in [4.69, 9.17) is 19.2 Å². The van der Waals surface area contributed by atoms with E-state index in [1.807, 2.05) is 62.1 Å². The first-order valence-corrected chi connectivity index (χ1v) is 14.6. The standard InChI is InChI=1S/C34H34N6O3/c1-17-15-40(16-18(2)35-17)34(41)25-12-11-24(22-9-7-8-10-23(22)25)32-31-26-14-29(42-6)27(30-19(3)39-43-20(30)4)13-28(26)38-33(31)37-21(5)36-32/h7-14,17-18,35H,15-16H2,1-6H3,(H,36,37,38)/t17-,18+. The van der Waals surface area contributed by atoms with Crippen LogP contribution in [0.2, 0.25) is 0 Å². The molecular formula is C34H34N6O3. The van der Waals surface area contributed by atoms with Crippen LogP contribution >= 0.6 is 0 Å². The summed E-state index contributed by atoms with van der Waals surface area (Å²) >= 11 is 0. The van der Waals surface area contributed by atoms with Crippen LogP contribution < -0.4 is 10.1 Å². The van der Waals surface area contributed by atoms with Crippen LogP contribution in [0.15, 0.2) is 53.1 Å². The van der Waals surface area contributed by atoms with Gasteiger partial charge < -0.3 is 24.5 Å². The number of aromatic nitrogens is 4. The van der Waals surface area contributed by atoms with E-state index in [0.717, 1.165) is 66.5 Å². The summed E-state index contributed by atoms with van der Waals surface area (Å²) in [6, 6.07) is 16.7. The number of fused-ring (bicyclic) bond motifs is 4. The number of amides is 1. The van der Waals surface area contributed by atoms with Gasteiger partial charge in [0.2, 0.25) is 0 Å². The molecule has 0 saturated carbocycles. The number of nitrogens with one attached hydrogen (secondary N) is 2. The quantitative estimate of drug-likeness (QED) is 0.253. The van der Waals surface area contributed by atoms with Crippen molar-refractivity contribution in [2.75, 3.05) is 20.2 Å². The monoisotopic (exact) mass is 574 g/mol. The average molecular weight is 575 g/mol. The second kappa shape index (κ2) is 10.2. The molecule has 218 valence electrons. The molecule has 9 heteroatoms. The minimum absolute atomic E-state index is 0.0515. The number of methoxy groups -OCH3 is 1. The fourth-order valence-electron chi connectivity index (χ4n) is 6.72. The lowest BCUT2D eigenvalue weighted by Crippen LogP contribution is -2.55. The summed E-state index contributed by atoms with van der Waals surface area (Å²) < 4.78 is 11.4. The van der Waals surface area contributed by atoms with Crippen LogP contribution in [-0.2, 0) is 0 Å². The lowest BCUT2D eigenvalue weighted by molar-refractivity contribution is 0.0676. The zero-order chi connectivity index (χ0) is 30.0. The SMILES string of the molecule is COc1cc2c(cc1-c1c(C)noc1C)[nH]c1nc(C)nc(-c3ccc(C(=O)N4C[C@@H](C)N[C@@H](C)C4)c4ccccc34)c12. The van der Waals surface area contributed by atoms with Crippen LogP contribution in [0.3, 0.4) is 0 Å². The van der Waals surface area contributed by atoms with E-state index in [-0.39, 0.29) is 18.0 Å². The van der Waals surface area contributed by atoms with Gasteiger partial charge in [-0.2, -0.15) is 0 Å². The Morgan fingerprint density at radius 1 is 0.953 bits per heavy atom. The van der Waals surface area contributed by atoms with Crippen molar-refractivity contribution in [1.29, 1.82) is 0 Å². The van der Waals surface area contributed by atoms with Crippen LogP contribution in [0, 0.1) is 20.8 Å². The number of H-pyrrole nitrogens is 1. The van der Waals surface area contributed by atoms with Crippen molar-refractivity contribution in [2.24, 2.45) is 0 Å². The maximum atomic E-state index is 13.8. The maximum absolute atomic E-state index is 13.8. The molecule has 1 saturated heterocycles. The third kappa shape index (κ3) is 4.42. The molecule has 0 aliphatic carbocycles. The van der Waals surface area contributed by atoms with Crippen LogP contribution in [0.25, 0.3) is 55.1 Å². The number of carbonyl (C=O) groups excluding carboxylic acids is 1. The van der Waals surface area contributed by atoms with Gasteiger partial charge in [0.1, 0.15) is 23.0 Å². The number of nitrogens with zero attached hydrogens (tertiary/aromatic N) is 4. The molecule has 3 aromatic carbocycles. The van der Waals surface area contributed by atoms with Gasteiger partial charge in [-0.05, 0) is 63.6 Å². The van der Waals surface area contributed by atoms with Crippen molar-refractivity contribution in [2.45, 2.75) is 46.7 Å². The number of rotatable bonds is 4. The number of ether oxygens (including phenoxy) is 1. The van der Waals surface area contributed by atoms with Gasteiger partial charge in [0.25, 0.3) is 5.91 Å². The van der Waals surface area contributed by atoms with Crippen LogP contribution in [0.1, 0.15) is 41.5 Å². The highest BCUT2D eigenvalue weighted by atomic mass is 16.5. The molecule has 0 bridgehead atoms. The van der Waals surface area contributed by atoms with Gasteiger partial charge in [-0.3, -0.25) is 4.79 Å². The Labute approximate surface area is 249 Å². The number of benzene rings is 3. The molecule has 1 aliphatic rings. The molecule has 43 heavy (non-hydrogen) atoms. The largest absolute Gasteiger partial charge is 0.496 e. The third-order valence-corrected chi connectivity index (χ3v) is 8.44. The molecule has 1 amide bonds. The summed E-state index contributed by atoms with van der Waals surface area (Å²) in [4.78, 5) is 29.1. The summed E-state index contributed by atoms with van der Waals surface area (Å²) in [6.07, 6.45) is 0. The van der Waals surface area contributed by atoms with E-state index in [1.165, 1.54) is 0 Å². The summed E-state index contributed by atoms with van der Waals surface area (Å²) in [5.41, 5.74) is 6.71. The number of hydrogen-bond acceptors (Lipinski definition) is 7. The molecule has 1 aliphatic heterocycles. The molecule has 1 fully saturated rings. The molecule has 9 nitrogen and oxygen atoms in total. The number of carbonyl (C=O) groups is 1. The van der Waals surface area contributed by atoms with E-state index in [0.29, 0.717) is 30.2 Å². The second-order valence-electron chi connectivity index (χ2n) is 11.7. The first-order valence-electron chi connectivity index (χ1n) is 14.6. The lowest BCUT2D eigenvalue weighted by Gasteiger charge is -2.36. The maximum Gasteiger partial charge on any atom is 0.254 e. The molecule has 2 N–H and O–H groups in total. The molecule has 7 rings (SSSR count). The molecular weight excluding hydrogens is 540 g/mol. The first-order chi connectivity index (χ1) is 20.7. The highest BCUT2D eigenvalue weighted by Crippen LogP contribution is 2.42. The topological polar surface area (TPSA) is 109 Å². The van der Waals surface area contributed by atoms with Crippen molar-refractivity contribution < 1.29 is 14.1 Å². The smallest absolute Gasteiger partial charge is 0.254 e. The first kappa shape index (κ1) is 27.1. The van der Waals surface area contributed by atoms with Crippen molar-refractivity contribution in [1.82, 2.24) is 30.3 Å². The summed E-state index contributed by atoms with van der Waals surface area (Å²) in [5.74, 6) is 2.14. The fourth-order valence-corrected chi connectivity index (χ4v) is 6.72. The normalized spacial score (nSPS) is 17.3. The Kier molecular flexibility index (Phi) is 6.43. The van der Waals surface area contributed by atoms with Gasteiger partial charge in [-0.25, -0.2) is 9.97 Å². The molecule has 2 atom stereocenters. The van der Waals surface area contributed by atoms with Gasteiger partial charge >= 0.3 is 0 Å². The summed E-state index contributed by atoms with van der Waals surface area (Å²) in [6.45, 7) is 11.3. The van der Waals surface area contributed by atoms with Gasteiger partial charge in [0, 0.05) is 52.8 Å². The van der Waals surface area contributed by atoms with Crippen molar-refractivity contribution in [3.05, 3.63) is 71.4 Å².